The topological polar surface area (TPSA) is 92.6 Å². The van der Waals surface area contributed by atoms with Gasteiger partial charge in [0, 0.05) is 16.7 Å². The number of hydrogen-bond acceptors (Lipinski definition) is 5. The number of halogens is 2. The molecule has 1 amide bonds. The lowest BCUT2D eigenvalue weighted by atomic mass is 10.2. The van der Waals surface area contributed by atoms with Gasteiger partial charge in [0.15, 0.2) is 0 Å². The van der Waals surface area contributed by atoms with Gasteiger partial charge in [0.05, 0.1) is 24.5 Å². The third-order valence-electron chi connectivity index (χ3n) is 3.10. The molecule has 24 heavy (non-hydrogen) atoms. The van der Waals surface area contributed by atoms with Crippen LogP contribution in [0.15, 0.2) is 35.1 Å². The summed E-state index contributed by atoms with van der Waals surface area (Å²) in [6.45, 7) is -0.335. The molecule has 0 aliphatic carbocycles. The van der Waals surface area contributed by atoms with E-state index in [1.807, 2.05) is 22.6 Å². The maximum atomic E-state index is 14.0. The van der Waals surface area contributed by atoms with Gasteiger partial charge in [-0.1, -0.05) is 0 Å². The van der Waals surface area contributed by atoms with Crippen LogP contribution in [0, 0.1) is 9.39 Å². The predicted molar refractivity (Wildman–Crippen MR) is 94.6 cm³/mol. The summed E-state index contributed by atoms with van der Waals surface area (Å²) >= 11 is 1.98. The number of aromatic nitrogens is 1. The highest BCUT2D eigenvalue weighted by atomic mass is 127. The lowest BCUT2D eigenvalue weighted by molar-refractivity contribution is 0.0168. The standard InChI is InChI=1S/C15H15FIN3O4/c1-20-13(22)5-3-10(15(23)19-24-7-6-21)14(20)18-12-4-2-9(17)8-11(12)16/h2-5,8,18,21H,6-7H2,1H3,(H,19,23). The highest BCUT2D eigenvalue weighted by molar-refractivity contribution is 14.1. The van der Waals surface area contributed by atoms with Crippen molar-refractivity contribution in [3.05, 3.63) is 55.6 Å². The summed E-state index contributed by atoms with van der Waals surface area (Å²) in [6.07, 6.45) is 0. The van der Waals surface area contributed by atoms with E-state index in [1.165, 1.54) is 35.9 Å². The number of aliphatic hydroxyl groups is 1. The molecule has 1 heterocycles. The second kappa shape index (κ2) is 8.22. The summed E-state index contributed by atoms with van der Waals surface area (Å²) < 4.78 is 16.0. The van der Waals surface area contributed by atoms with E-state index in [0.717, 1.165) is 0 Å². The van der Waals surface area contributed by atoms with E-state index in [4.69, 9.17) is 9.94 Å². The third-order valence-corrected chi connectivity index (χ3v) is 3.77. The number of aliphatic hydroxyl groups excluding tert-OH is 1. The number of hydroxylamine groups is 1. The SMILES string of the molecule is Cn1c(Nc2ccc(I)cc2F)c(C(=O)NOCCO)ccc1=O. The van der Waals surface area contributed by atoms with Crippen LogP contribution in [0.3, 0.4) is 0 Å². The molecule has 128 valence electrons. The molecule has 2 rings (SSSR count). The van der Waals surface area contributed by atoms with Crippen LogP contribution < -0.4 is 16.4 Å². The second-order valence-electron chi connectivity index (χ2n) is 4.75. The number of nitrogens with zero attached hydrogens (tertiary/aromatic N) is 1. The molecular weight excluding hydrogens is 432 g/mol. The van der Waals surface area contributed by atoms with Crippen molar-refractivity contribution in [3.8, 4) is 0 Å². The fraction of sp³-hybridized carbons (Fsp3) is 0.200. The van der Waals surface area contributed by atoms with Crippen LogP contribution in [0.25, 0.3) is 0 Å². The number of rotatable bonds is 6. The zero-order chi connectivity index (χ0) is 17.7. The molecule has 0 saturated heterocycles. The number of hydrogen-bond donors (Lipinski definition) is 3. The van der Waals surface area contributed by atoms with Gasteiger partial charge in [-0.2, -0.15) is 0 Å². The Morgan fingerprint density at radius 3 is 2.79 bits per heavy atom. The summed E-state index contributed by atoms with van der Waals surface area (Å²) in [7, 11) is 1.46. The van der Waals surface area contributed by atoms with E-state index < -0.39 is 11.7 Å². The van der Waals surface area contributed by atoms with Gasteiger partial charge in [-0.3, -0.25) is 19.0 Å². The van der Waals surface area contributed by atoms with Crippen molar-refractivity contribution in [1.82, 2.24) is 10.0 Å². The molecule has 0 radical (unpaired) electrons. The van der Waals surface area contributed by atoms with E-state index in [9.17, 15) is 14.0 Å². The molecule has 7 nitrogen and oxygen atoms in total. The Kier molecular flexibility index (Phi) is 6.29. The number of pyridine rings is 1. The van der Waals surface area contributed by atoms with Crippen molar-refractivity contribution in [2.24, 2.45) is 7.05 Å². The molecule has 1 aromatic carbocycles. The zero-order valence-corrected chi connectivity index (χ0v) is 14.8. The van der Waals surface area contributed by atoms with Gasteiger partial charge in [0.25, 0.3) is 11.5 Å². The van der Waals surface area contributed by atoms with Crippen LogP contribution >= 0.6 is 22.6 Å². The van der Waals surface area contributed by atoms with E-state index >= 15 is 0 Å². The van der Waals surface area contributed by atoms with Gasteiger partial charge >= 0.3 is 0 Å². The molecule has 1 aromatic heterocycles. The van der Waals surface area contributed by atoms with Crippen molar-refractivity contribution < 1.29 is 19.1 Å². The summed E-state index contributed by atoms with van der Waals surface area (Å²) in [5.74, 6) is -1.03. The van der Waals surface area contributed by atoms with Crippen molar-refractivity contribution in [2.45, 2.75) is 0 Å². The van der Waals surface area contributed by atoms with Gasteiger partial charge in [-0.25, -0.2) is 9.87 Å². The largest absolute Gasteiger partial charge is 0.394 e. The van der Waals surface area contributed by atoms with E-state index in [2.05, 4.69) is 10.8 Å². The van der Waals surface area contributed by atoms with Crippen molar-refractivity contribution in [1.29, 1.82) is 0 Å². The maximum absolute atomic E-state index is 14.0. The number of amides is 1. The van der Waals surface area contributed by atoms with Crippen molar-refractivity contribution in [2.75, 3.05) is 18.5 Å². The Bertz CT molecular complexity index is 810. The second-order valence-corrected chi connectivity index (χ2v) is 5.99. The predicted octanol–water partition coefficient (Wildman–Crippen LogP) is 1.53. The minimum absolute atomic E-state index is 0.0774. The fourth-order valence-corrected chi connectivity index (χ4v) is 2.36. The van der Waals surface area contributed by atoms with Gasteiger partial charge in [0.2, 0.25) is 0 Å². The summed E-state index contributed by atoms with van der Waals surface area (Å²) in [4.78, 5) is 28.8. The Morgan fingerprint density at radius 2 is 2.12 bits per heavy atom. The van der Waals surface area contributed by atoms with E-state index in [0.29, 0.717) is 3.57 Å². The molecule has 2 aromatic rings. The Labute approximate surface area is 150 Å². The molecule has 0 spiro atoms. The first-order chi connectivity index (χ1) is 11.4. The minimum atomic E-state index is -0.632. The Morgan fingerprint density at radius 1 is 1.38 bits per heavy atom. The van der Waals surface area contributed by atoms with Gasteiger partial charge in [-0.15, -0.1) is 0 Å². The van der Waals surface area contributed by atoms with Crippen LogP contribution in [-0.2, 0) is 11.9 Å². The summed E-state index contributed by atoms with van der Waals surface area (Å²) in [5.41, 5.74) is 2.00. The number of benzene rings is 1. The lowest BCUT2D eigenvalue weighted by Gasteiger charge is -2.16. The number of carbonyl (C=O) groups is 1. The van der Waals surface area contributed by atoms with Crippen LogP contribution in [0.4, 0.5) is 15.9 Å². The average molecular weight is 447 g/mol. The van der Waals surface area contributed by atoms with Crippen molar-refractivity contribution >= 4 is 40.0 Å². The molecule has 0 aliphatic rings. The molecule has 0 unspecified atom stereocenters. The fourth-order valence-electron chi connectivity index (χ4n) is 1.91. The zero-order valence-electron chi connectivity index (χ0n) is 12.7. The number of nitrogens with one attached hydrogen (secondary N) is 2. The highest BCUT2D eigenvalue weighted by Gasteiger charge is 2.16. The normalized spacial score (nSPS) is 10.5. The molecule has 0 bridgehead atoms. The Hall–Kier alpha value is -1.98. The maximum Gasteiger partial charge on any atom is 0.278 e. The molecule has 0 saturated carbocycles. The van der Waals surface area contributed by atoms with Crippen molar-refractivity contribution in [3.63, 3.8) is 0 Å². The molecule has 0 aliphatic heterocycles. The number of anilines is 2. The smallest absolute Gasteiger partial charge is 0.278 e. The van der Waals surface area contributed by atoms with Crippen LogP contribution in [-0.4, -0.2) is 28.8 Å². The first-order valence-electron chi connectivity index (χ1n) is 6.89. The minimum Gasteiger partial charge on any atom is -0.394 e. The quantitative estimate of drug-likeness (QED) is 0.355. The third kappa shape index (κ3) is 4.30. The lowest BCUT2D eigenvalue weighted by Crippen LogP contribution is -2.29. The monoisotopic (exact) mass is 447 g/mol. The molecular formula is C15H15FIN3O4. The van der Waals surface area contributed by atoms with E-state index in [-0.39, 0.29) is 35.8 Å². The van der Waals surface area contributed by atoms with Gasteiger partial charge < -0.3 is 10.4 Å². The number of carbonyl (C=O) groups excluding carboxylic acids is 1. The first-order valence-corrected chi connectivity index (χ1v) is 7.97. The van der Waals surface area contributed by atoms with Crippen LogP contribution in [0.1, 0.15) is 10.4 Å². The van der Waals surface area contributed by atoms with Gasteiger partial charge in [0.1, 0.15) is 11.6 Å². The van der Waals surface area contributed by atoms with Crippen LogP contribution in [0.5, 0.6) is 0 Å². The first kappa shape index (κ1) is 18.4. The van der Waals surface area contributed by atoms with E-state index in [1.54, 1.807) is 6.07 Å². The average Bonchev–Trinajstić information content (AvgIpc) is 2.54. The molecule has 9 heteroatoms. The Balaban J connectivity index is 2.38. The summed E-state index contributed by atoms with van der Waals surface area (Å²) in [5, 5.41) is 11.4. The molecule has 0 atom stereocenters. The molecule has 0 fully saturated rings. The molecule has 3 N–H and O–H groups in total. The highest BCUT2D eigenvalue weighted by Crippen LogP contribution is 2.23. The van der Waals surface area contributed by atoms with Crippen LogP contribution in [0.2, 0.25) is 0 Å². The van der Waals surface area contributed by atoms with Gasteiger partial charge in [-0.05, 0) is 46.9 Å². The summed E-state index contributed by atoms with van der Waals surface area (Å²) in [6, 6.07) is 7.06.